The molecule has 2 aromatic carbocycles. The highest BCUT2D eigenvalue weighted by Gasteiger charge is 2.24. The summed E-state index contributed by atoms with van der Waals surface area (Å²) >= 11 is 6.18. The molecule has 0 bridgehead atoms. The van der Waals surface area contributed by atoms with E-state index in [0.29, 0.717) is 18.5 Å². The predicted octanol–water partition coefficient (Wildman–Crippen LogP) is 4.11. The highest BCUT2D eigenvalue weighted by molar-refractivity contribution is 7.90. The maximum absolute atomic E-state index is 14.5. The number of amides is 1. The number of benzene rings is 2. The molecule has 0 atom stereocenters. The minimum Gasteiger partial charge on any atom is -0.335 e. The fourth-order valence-corrected chi connectivity index (χ4v) is 4.38. The third-order valence-corrected chi connectivity index (χ3v) is 6.31. The van der Waals surface area contributed by atoms with Gasteiger partial charge < -0.3 is 5.32 Å². The first-order valence-electron chi connectivity index (χ1n) is 9.69. The lowest BCUT2D eigenvalue weighted by molar-refractivity contribution is -0.118. The maximum atomic E-state index is 14.5. The van der Waals surface area contributed by atoms with Gasteiger partial charge in [-0.05, 0) is 36.6 Å². The first-order valence-corrected chi connectivity index (χ1v) is 12.0. The molecule has 11 heteroatoms. The molecule has 0 radical (unpaired) electrons. The van der Waals surface area contributed by atoms with Crippen LogP contribution in [0.3, 0.4) is 0 Å². The Morgan fingerprint density at radius 3 is 2.69 bits per heavy atom. The molecule has 0 fully saturated rings. The molecule has 2 heterocycles. The van der Waals surface area contributed by atoms with Gasteiger partial charge in [-0.2, -0.15) is 4.98 Å². The fourth-order valence-electron chi connectivity index (χ4n) is 3.40. The van der Waals surface area contributed by atoms with Gasteiger partial charge in [0.05, 0.1) is 22.5 Å². The normalized spacial score (nSPS) is 14.0. The number of anilines is 4. The van der Waals surface area contributed by atoms with Gasteiger partial charge in [0.25, 0.3) is 0 Å². The number of halogens is 2. The minimum atomic E-state index is -3.72. The minimum absolute atomic E-state index is 0.0188. The summed E-state index contributed by atoms with van der Waals surface area (Å²) < 4.78 is 38.6. The van der Waals surface area contributed by atoms with Crippen LogP contribution in [0.15, 0.2) is 53.6 Å². The van der Waals surface area contributed by atoms with Gasteiger partial charge in [-0.3, -0.25) is 10.2 Å². The summed E-state index contributed by atoms with van der Waals surface area (Å²) in [4.78, 5) is 20.8. The van der Waals surface area contributed by atoms with Crippen LogP contribution >= 0.6 is 11.6 Å². The number of nitrogens with zero attached hydrogens (tertiary/aromatic N) is 3. The van der Waals surface area contributed by atoms with Gasteiger partial charge in [-0.25, -0.2) is 22.8 Å². The number of carbonyl (C=O) groups excluding carboxylic acids is 1. The number of aryl methyl sites for hydroxylation is 1. The summed E-state index contributed by atoms with van der Waals surface area (Å²) in [6.07, 6.45) is 4.06. The molecule has 1 aliphatic rings. The summed E-state index contributed by atoms with van der Waals surface area (Å²) in [5.41, 5.74) is 4.30. The molecule has 166 valence electrons. The van der Waals surface area contributed by atoms with Crippen molar-refractivity contribution in [3.8, 4) is 0 Å². The van der Waals surface area contributed by atoms with Gasteiger partial charge >= 0.3 is 0 Å². The number of hydrazine groups is 1. The zero-order valence-corrected chi connectivity index (χ0v) is 18.5. The van der Waals surface area contributed by atoms with E-state index in [1.54, 1.807) is 0 Å². The van der Waals surface area contributed by atoms with E-state index in [0.717, 1.165) is 24.3 Å². The summed E-state index contributed by atoms with van der Waals surface area (Å²) in [7, 11) is -3.72. The predicted molar refractivity (Wildman–Crippen MR) is 120 cm³/mol. The Labute approximate surface area is 189 Å². The van der Waals surface area contributed by atoms with E-state index in [9.17, 15) is 17.6 Å². The van der Waals surface area contributed by atoms with Gasteiger partial charge in [0.15, 0.2) is 15.7 Å². The molecule has 4 rings (SSSR count). The van der Waals surface area contributed by atoms with Crippen molar-refractivity contribution >= 4 is 50.5 Å². The lowest BCUT2D eigenvalue weighted by Gasteiger charge is -2.23. The van der Waals surface area contributed by atoms with Crippen LogP contribution in [0.2, 0.25) is 5.02 Å². The number of para-hydroxylation sites is 2. The van der Waals surface area contributed by atoms with E-state index in [4.69, 9.17) is 11.6 Å². The van der Waals surface area contributed by atoms with Crippen LogP contribution in [-0.4, -0.2) is 30.5 Å². The van der Waals surface area contributed by atoms with Crippen molar-refractivity contribution in [3.63, 3.8) is 0 Å². The number of fused-ring (bicyclic) bond motifs is 1. The molecule has 1 aliphatic heterocycles. The molecule has 2 N–H and O–H groups in total. The molecule has 0 unspecified atom stereocenters. The van der Waals surface area contributed by atoms with E-state index in [-0.39, 0.29) is 33.3 Å². The molecular formula is C21H19ClFN5O3S. The van der Waals surface area contributed by atoms with Gasteiger partial charge in [0.2, 0.25) is 11.9 Å². The number of hydrogen-bond donors (Lipinski definition) is 2. The van der Waals surface area contributed by atoms with E-state index in [1.165, 1.54) is 23.3 Å². The van der Waals surface area contributed by atoms with Crippen molar-refractivity contribution in [2.24, 2.45) is 0 Å². The summed E-state index contributed by atoms with van der Waals surface area (Å²) in [5, 5.41) is 4.07. The summed E-state index contributed by atoms with van der Waals surface area (Å²) in [6.45, 7) is 0. The van der Waals surface area contributed by atoms with Crippen LogP contribution in [-0.2, 0) is 21.1 Å². The lowest BCUT2D eigenvalue weighted by atomic mass is 10.1. The Hall–Kier alpha value is -3.24. The highest BCUT2D eigenvalue weighted by atomic mass is 35.5. The second-order valence-corrected chi connectivity index (χ2v) is 9.61. The largest absolute Gasteiger partial charge is 0.335 e. The van der Waals surface area contributed by atoms with Crippen molar-refractivity contribution in [1.82, 2.24) is 9.97 Å². The molecule has 0 saturated carbocycles. The van der Waals surface area contributed by atoms with Gasteiger partial charge in [-0.1, -0.05) is 35.9 Å². The molecule has 32 heavy (non-hydrogen) atoms. The van der Waals surface area contributed by atoms with Gasteiger partial charge in [-0.15, -0.1) is 0 Å². The fraction of sp³-hybridized carbons (Fsp3) is 0.190. The Bertz CT molecular complexity index is 1300. The smallest absolute Gasteiger partial charge is 0.245 e. The van der Waals surface area contributed by atoms with Crippen molar-refractivity contribution < 1.29 is 17.6 Å². The van der Waals surface area contributed by atoms with Crippen LogP contribution in [0.5, 0.6) is 0 Å². The zero-order chi connectivity index (χ0) is 22.9. The third-order valence-electron chi connectivity index (χ3n) is 4.89. The SMILES string of the molecule is CS(=O)(=O)c1cccc(F)c1Nc1nc(NN2C(=O)CCCc3ccccc32)ncc1Cl. The van der Waals surface area contributed by atoms with E-state index >= 15 is 0 Å². The molecule has 3 aromatic rings. The van der Waals surface area contributed by atoms with Crippen LogP contribution in [0.1, 0.15) is 18.4 Å². The second kappa shape index (κ2) is 8.71. The number of aromatic nitrogens is 2. The van der Waals surface area contributed by atoms with Crippen molar-refractivity contribution in [2.75, 3.05) is 22.0 Å². The first-order chi connectivity index (χ1) is 15.2. The quantitative estimate of drug-likeness (QED) is 0.572. The number of rotatable bonds is 5. The number of sulfone groups is 1. The number of hydrogen-bond acceptors (Lipinski definition) is 7. The molecule has 8 nitrogen and oxygen atoms in total. The Morgan fingerprint density at radius 2 is 1.91 bits per heavy atom. The zero-order valence-electron chi connectivity index (χ0n) is 17.0. The molecule has 0 spiro atoms. The third kappa shape index (κ3) is 4.51. The van der Waals surface area contributed by atoms with E-state index < -0.39 is 15.7 Å². The monoisotopic (exact) mass is 475 g/mol. The van der Waals surface area contributed by atoms with Crippen LogP contribution in [0, 0.1) is 5.82 Å². The van der Waals surface area contributed by atoms with Crippen LogP contribution in [0.4, 0.5) is 27.5 Å². The van der Waals surface area contributed by atoms with Gasteiger partial charge in [0.1, 0.15) is 10.8 Å². The highest BCUT2D eigenvalue weighted by Crippen LogP contribution is 2.31. The van der Waals surface area contributed by atoms with E-state index in [1.807, 2.05) is 24.3 Å². The number of nitrogens with one attached hydrogen (secondary N) is 2. The topological polar surface area (TPSA) is 104 Å². The average molecular weight is 476 g/mol. The molecule has 0 aliphatic carbocycles. The number of carbonyl (C=O) groups is 1. The van der Waals surface area contributed by atoms with Crippen LogP contribution < -0.4 is 15.8 Å². The molecule has 1 amide bonds. The summed E-state index contributed by atoms with van der Waals surface area (Å²) in [6, 6.07) is 11.2. The molecular weight excluding hydrogens is 457 g/mol. The van der Waals surface area contributed by atoms with Gasteiger partial charge in [0, 0.05) is 12.7 Å². The average Bonchev–Trinajstić information content (AvgIpc) is 2.90. The Balaban J connectivity index is 1.69. The Kier molecular flexibility index (Phi) is 5.98. The lowest BCUT2D eigenvalue weighted by Crippen LogP contribution is -2.36. The Morgan fingerprint density at radius 1 is 1.12 bits per heavy atom. The standard InChI is InChI=1S/C21H19ClFN5O3S/c1-32(30,31)17-10-5-8-15(23)19(17)25-20-14(22)12-24-21(26-20)27-28-16-9-3-2-6-13(16)7-4-11-18(28)29/h2-3,5-6,8-10,12H,4,7,11H2,1H3,(H2,24,25,26,27). The second-order valence-electron chi connectivity index (χ2n) is 7.22. The van der Waals surface area contributed by atoms with Crippen LogP contribution in [0.25, 0.3) is 0 Å². The van der Waals surface area contributed by atoms with Crippen molar-refractivity contribution in [2.45, 2.75) is 24.2 Å². The molecule has 0 saturated heterocycles. The van der Waals surface area contributed by atoms with Crippen molar-refractivity contribution in [1.29, 1.82) is 0 Å². The molecule has 1 aromatic heterocycles. The maximum Gasteiger partial charge on any atom is 0.245 e. The van der Waals surface area contributed by atoms with E-state index in [2.05, 4.69) is 20.7 Å². The summed E-state index contributed by atoms with van der Waals surface area (Å²) in [5.74, 6) is -0.931. The van der Waals surface area contributed by atoms with Crippen molar-refractivity contribution in [3.05, 3.63) is 65.1 Å². The first kappa shape index (κ1) is 22.0.